The van der Waals surface area contributed by atoms with E-state index in [1.54, 1.807) is 0 Å². The van der Waals surface area contributed by atoms with Crippen LogP contribution in [-0.4, -0.2) is 38.9 Å². The average molecular weight is 283 g/mol. The number of ether oxygens (including phenoxy) is 1. The summed E-state index contributed by atoms with van der Waals surface area (Å²) in [5.74, 6) is -2.52. The summed E-state index contributed by atoms with van der Waals surface area (Å²) in [7, 11) is 0. The molecule has 0 heterocycles. The predicted molar refractivity (Wildman–Crippen MR) is 69.4 cm³/mol. The summed E-state index contributed by atoms with van der Waals surface area (Å²) in [6, 6.07) is 2.97. The third kappa shape index (κ3) is 4.22. The molecule has 0 aromatic heterocycles. The van der Waals surface area contributed by atoms with Gasteiger partial charge in [0.05, 0.1) is 0 Å². The minimum absolute atomic E-state index is 0.0304. The molecule has 0 aliphatic rings. The number of aliphatic hydroxyl groups is 1. The number of hydrogen-bond donors (Lipinski definition) is 4. The molecular formula is C13H17NO6. The molecule has 0 saturated heterocycles. The molecule has 1 unspecified atom stereocenters. The number of rotatable bonds is 5. The highest BCUT2D eigenvalue weighted by molar-refractivity contribution is 5.81. The molecule has 1 aromatic rings. The minimum atomic E-state index is -1.68. The summed E-state index contributed by atoms with van der Waals surface area (Å²) < 4.78 is 4.83. The van der Waals surface area contributed by atoms with E-state index >= 15 is 0 Å². The van der Waals surface area contributed by atoms with Gasteiger partial charge in [0.2, 0.25) is 0 Å². The number of benzene rings is 1. The summed E-state index contributed by atoms with van der Waals surface area (Å²) in [5, 5.41) is 27.8. The Morgan fingerprint density at radius 1 is 1.40 bits per heavy atom. The number of carbonyl (C=O) groups excluding carboxylic acids is 1. The SMILES string of the molecule is CC(C)(O)C(=O)Oc1ccc(CC(N)C(=O)O)cc1O. The fraction of sp³-hybridized carbons (Fsp3) is 0.385. The van der Waals surface area contributed by atoms with Gasteiger partial charge in [0, 0.05) is 0 Å². The van der Waals surface area contributed by atoms with Gasteiger partial charge in [-0.2, -0.15) is 0 Å². The van der Waals surface area contributed by atoms with E-state index in [1.165, 1.54) is 32.0 Å². The zero-order valence-electron chi connectivity index (χ0n) is 11.2. The third-order valence-electron chi connectivity index (χ3n) is 2.50. The van der Waals surface area contributed by atoms with E-state index in [0.717, 1.165) is 0 Å². The van der Waals surface area contributed by atoms with Crippen molar-refractivity contribution in [2.45, 2.75) is 31.9 Å². The topological polar surface area (TPSA) is 130 Å². The molecule has 7 nitrogen and oxygen atoms in total. The van der Waals surface area contributed by atoms with Gasteiger partial charge in [-0.25, -0.2) is 4.79 Å². The van der Waals surface area contributed by atoms with Gasteiger partial charge in [-0.15, -0.1) is 0 Å². The fourth-order valence-corrected chi connectivity index (χ4v) is 1.34. The number of carboxylic acids is 1. The lowest BCUT2D eigenvalue weighted by molar-refractivity contribution is -0.151. The largest absolute Gasteiger partial charge is 0.504 e. The van der Waals surface area contributed by atoms with Crippen LogP contribution in [0.1, 0.15) is 19.4 Å². The second-order valence-corrected chi connectivity index (χ2v) is 4.90. The Balaban J connectivity index is 2.84. The lowest BCUT2D eigenvalue weighted by Gasteiger charge is -2.16. The van der Waals surface area contributed by atoms with E-state index in [2.05, 4.69) is 0 Å². The molecule has 7 heteroatoms. The highest BCUT2D eigenvalue weighted by Gasteiger charge is 2.27. The first-order chi connectivity index (χ1) is 9.11. The number of esters is 1. The van der Waals surface area contributed by atoms with E-state index in [-0.39, 0.29) is 17.9 Å². The number of carbonyl (C=O) groups is 2. The number of aliphatic carboxylic acids is 1. The van der Waals surface area contributed by atoms with Crippen LogP contribution in [-0.2, 0) is 16.0 Å². The zero-order chi connectivity index (χ0) is 15.5. The Morgan fingerprint density at radius 3 is 2.45 bits per heavy atom. The van der Waals surface area contributed by atoms with Crippen molar-refractivity contribution in [1.82, 2.24) is 0 Å². The van der Waals surface area contributed by atoms with Gasteiger partial charge < -0.3 is 25.8 Å². The quantitative estimate of drug-likeness (QED) is 0.442. The molecule has 0 saturated carbocycles. The summed E-state index contributed by atoms with van der Waals surface area (Å²) in [6.45, 7) is 2.51. The van der Waals surface area contributed by atoms with Gasteiger partial charge in [0.25, 0.3) is 0 Å². The van der Waals surface area contributed by atoms with Crippen LogP contribution in [0.25, 0.3) is 0 Å². The Labute approximate surface area is 115 Å². The van der Waals surface area contributed by atoms with Gasteiger partial charge >= 0.3 is 11.9 Å². The maximum absolute atomic E-state index is 11.5. The first-order valence-corrected chi connectivity index (χ1v) is 5.86. The van der Waals surface area contributed by atoms with Crippen LogP contribution in [0.3, 0.4) is 0 Å². The first-order valence-electron chi connectivity index (χ1n) is 5.86. The first kappa shape index (κ1) is 15.9. The van der Waals surface area contributed by atoms with Gasteiger partial charge in [-0.05, 0) is 38.0 Å². The molecule has 110 valence electrons. The number of hydrogen-bond acceptors (Lipinski definition) is 6. The van der Waals surface area contributed by atoms with Crippen molar-refractivity contribution in [2.24, 2.45) is 5.73 Å². The maximum Gasteiger partial charge on any atom is 0.343 e. The van der Waals surface area contributed by atoms with E-state index in [4.69, 9.17) is 15.6 Å². The van der Waals surface area contributed by atoms with E-state index < -0.39 is 23.6 Å². The van der Waals surface area contributed by atoms with Crippen molar-refractivity contribution >= 4 is 11.9 Å². The van der Waals surface area contributed by atoms with Crippen molar-refractivity contribution in [3.05, 3.63) is 23.8 Å². The predicted octanol–water partition coefficient (Wildman–Crippen LogP) is 0.0229. The molecule has 20 heavy (non-hydrogen) atoms. The fourth-order valence-electron chi connectivity index (χ4n) is 1.34. The minimum Gasteiger partial charge on any atom is -0.504 e. The van der Waals surface area contributed by atoms with Crippen molar-refractivity contribution < 1.29 is 29.6 Å². The third-order valence-corrected chi connectivity index (χ3v) is 2.50. The van der Waals surface area contributed by atoms with Crippen LogP contribution in [0.15, 0.2) is 18.2 Å². The number of phenols is 1. The molecule has 1 atom stereocenters. The van der Waals surface area contributed by atoms with E-state index in [9.17, 15) is 19.8 Å². The number of carboxylic acid groups (broad SMARTS) is 1. The standard InChI is InChI=1S/C13H17NO6/c1-13(2,19)12(18)20-10-4-3-7(6-9(10)15)5-8(14)11(16)17/h3-4,6,8,15,19H,5,14H2,1-2H3,(H,16,17). The molecule has 0 aliphatic carbocycles. The number of aromatic hydroxyl groups is 1. The second kappa shape index (κ2) is 5.89. The van der Waals surface area contributed by atoms with Crippen LogP contribution in [0.5, 0.6) is 11.5 Å². The van der Waals surface area contributed by atoms with Gasteiger partial charge in [0.15, 0.2) is 17.1 Å². The summed E-state index contributed by atoms with van der Waals surface area (Å²) in [6.07, 6.45) is 0.0304. The molecular weight excluding hydrogens is 266 g/mol. The average Bonchev–Trinajstić information content (AvgIpc) is 2.31. The highest BCUT2D eigenvalue weighted by Crippen LogP contribution is 2.28. The summed E-state index contributed by atoms with van der Waals surface area (Å²) in [4.78, 5) is 22.1. The van der Waals surface area contributed by atoms with Crippen molar-refractivity contribution in [1.29, 1.82) is 0 Å². The van der Waals surface area contributed by atoms with Crippen LogP contribution in [0, 0.1) is 0 Å². The van der Waals surface area contributed by atoms with Gasteiger partial charge in [-0.3, -0.25) is 4.79 Å². The highest BCUT2D eigenvalue weighted by atomic mass is 16.6. The van der Waals surface area contributed by atoms with Gasteiger partial charge in [-0.1, -0.05) is 6.07 Å². The summed E-state index contributed by atoms with van der Waals surface area (Å²) >= 11 is 0. The lowest BCUT2D eigenvalue weighted by atomic mass is 10.1. The molecule has 0 radical (unpaired) electrons. The zero-order valence-corrected chi connectivity index (χ0v) is 11.2. The molecule has 0 aliphatic heterocycles. The molecule has 0 bridgehead atoms. The summed E-state index contributed by atoms with van der Waals surface area (Å²) in [5.41, 5.74) is 4.18. The monoisotopic (exact) mass is 283 g/mol. The smallest absolute Gasteiger partial charge is 0.343 e. The molecule has 0 spiro atoms. The number of nitrogens with two attached hydrogens (primary N) is 1. The Bertz CT molecular complexity index is 520. The maximum atomic E-state index is 11.5. The normalized spacial score (nSPS) is 12.8. The molecule has 1 rings (SSSR count). The Morgan fingerprint density at radius 2 is 2.00 bits per heavy atom. The lowest BCUT2D eigenvalue weighted by Crippen LogP contribution is -2.35. The van der Waals surface area contributed by atoms with Crippen LogP contribution in [0.2, 0.25) is 0 Å². The van der Waals surface area contributed by atoms with E-state index in [1.807, 2.05) is 0 Å². The molecule has 0 fully saturated rings. The molecule has 5 N–H and O–H groups in total. The van der Waals surface area contributed by atoms with Crippen molar-refractivity contribution in [2.75, 3.05) is 0 Å². The Kier molecular flexibility index (Phi) is 4.69. The van der Waals surface area contributed by atoms with Gasteiger partial charge in [0.1, 0.15) is 6.04 Å². The van der Waals surface area contributed by atoms with Crippen LogP contribution >= 0.6 is 0 Å². The molecule has 0 amide bonds. The Hall–Kier alpha value is -2.12. The van der Waals surface area contributed by atoms with Crippen molar-refractivity contribution in [3.63, 3.8) is 0 Å². The van der Waals surface area contributed by atoms with Crippen LogP contribution in [0.4, 0.5) is 0 Å². The molecule has 1 aromatic carbocycles. The number of phenolic OH excluding ortho intramolecular Hbond substituents is 1. The van der Waals surface area contributed by atoms with E-state index in [0.29, 0.717) is 5.56 Å². The van der Waals surface area contributed by atoms with Crippen molar-refractivity contribution in [3.8, 4) is 11.5 Å². The van der Waals surface area contributed by atoms with Crippen LogP contribution < -0.4 is 10.5 Å². The second-order valence-electron chi connectivity index (χ2n) is 4.90.